The number of para-hydroxylation sites is 1. The van der Waals surface area contributed by atoms with E-state index in [0.29, 0.717) is 25.8 Å². The molecule has 0 aromatic heterocycles. The Balaban J connectivity index is 1.79. The number of amides is 2. The quantitative estimate of drug-likeness (QED) is 0.854. The maximum atomic E-state index is 12.8. The van der Waals surface area contributed by atoms with E-state index in [2.05, 4.69) is 0 Å². The summed E-state index contributed by atoms with van der Waals surface area (Å²) in [6.07, 6.45) is 2.06. The molecule has 0 spiro atoms. The molecule has 1 atom stereocenters. The van der Waals surface area contributed by atoms with Crippen LogP contribution in [0.25, 0.3) is 0 Å². The van der Waals surface area contributed by atoms with Gasteiger partial charge >= 0.3 is 5.97 Å². The van der Waals surface area contributed by atoms with Crippen LogP contribution >= 0.6 is 0 Å². The molecule has 1 N–H and O–H groups in total. The van der Waals surface area contributed by atoms with Crippen molar-refractivity contribution >= 4 is 23.5 Å². The van der Waals surface area contributed by atoms with Gasteiger partial charge in [-0.15, -0.1) is 0 Å². The minimum Gasteiger partial charge on any atom is -0.480 e. The topological polar surface area (TPSA) is 77.9 Å². The van der Waals surface area contributed by atoms with E-state index in [9.17, 15) is 19.5 Å². The summed E-state index contributed by atoms with van der Waals surface area (Å²) < 4.78 is 0. The van der Waals surface area contributed by atoms with Gasteiger partial charge in [0.15, 0.2) is 0 Å². The summed E-state index contributed by atoms with van der Waals surface area (Å²) in [5.74, 6) is -1.67. The minimum atomic E-state index is -1.30. The number of carbonyl (C=O) groups is 3. The van der Waals surface area contributed by atoms with Crippen LogP contribution in [0.4, 0.5) is 5.69 Å². The molecule has 1 aliphatic carbocycles. The molecule has 3 rings (SSSR count). The van der Waals surface area contributed by atoms with Crippen molar-refractivity contribution in [2.45, 2.75) is 31.7 Å². The highest BCUT2D eigenvalue weighted by Crippen LogP contribution is 2.47. The summed E-state index contributed by atoms with van der Waals surface area (Å²) in [7, 11) is 1.54. The number of nitrogens with zero attached hydrogens (tertiary/aromatic N) is 2. The van der Waals surface area contributed by atoms with Crippen LogP contribution in [-0.4, -0.2) is 47.4 Å². The van der Waals surface area contributed by atoms with E-state index in [-0.39, 0.29) is 5.91 Å². The molecule has 0 bridgehead atoms. The molecule has 0 radical (unpaired) electrons. The molecule has 0 unspecified atom stereocenters. The second-order valence-corrected chi connectivity index (χ2v) is 6.29. The van der Waals surface area contributed by atoms with Crippen LogP contribution < -0.4 is 4.90 Å². The third-order valence-electron chi connectivity index (χ3n) is 4.83. The number of aliphatic carboxylic acids is 1. The number of hydrogen-bond acceptors (Lipinski definition) is 3. The SMILES string of the molecule is CN(C(=O)C1(C(=O)O)CC1)[C@H]1CCCN(c2ccccc2)C1=O. The zero-order valence-electron chi connectivity index (χ0n) is 13.1. The van der Waals surface area contributed by atoms with Gasteiger partial charge in [-0.1, -0.05) is 18.2 Å². The second kappa shape index (κ2) is 5.68. The Kier molecular flexibility index (Phi) is 3.83. The highest BCUT2D eigenvalue weighted by Gasteiger charge is 2.59. The molecule has 6 heteroatoms. The summed E-state index contributed by atoms with van der Waals surface area (Å²) in [5.41, 5.74) is -0.494. The Morgan fingerprint density at radius 2 is 1.91 bits per heavy atom. The van der Waals surface area contributed by atoms with Gasteiger partial charge in [-0.3, -0.25) is 14.4 Å². The average molecular weight is 316 g/mol. The third kappa shape index (κ3) is 2.58. The van der Waals surface area contributed by atoms with Crippen LogP contribution in [0.5, 0.6) is 0 Å². The van der Waals surface area contributed by atoms with Crippen LogP contribution in [0, 0.1) is 5.41 Å². The smallest absolute Gasteiger partial charge is 0.319 e. The lowest BCUT2D eigenvalue weighted by molar-refractivity contribution is -0.155. The number of benzene rings is 1. The zero-order valence-corrected chi connectivity index (χ0v) is 13.1. The van der Waals surface area contributed by atoms with Crippen LogP contribution in [0.15, 0.2) is 30.3 Å². The molecule has 1 heterocycles. The predicted octanol–water partition coefficient (Wildman–Crippen LogP) is 1.51. The number of carboxylic acid groups (broad SMARTS) is 1. The summed E-state index contributed by atoms with van der Waals surface area (Å²) in [5, 5.41) is 9.27. The highest BCUT2D eigenvalue weighted by molar-refractivity contribution is 6.07. The molecule has 1 aromatic carbocycles. The second-order valence-electron chi connectivity index (χ2n) is 6.29. The predicted molar refractivity (Wildman–Crippen MR) is 83.9 cm³/mol. The van der Waals surface area contributed by atoms with Gasteiger partial charge in [0.1, 0.15) is 11.5 Å². The number of rotatable bonds is 4. The van der Waals surface area contributed by atoms with Crippen molar-refractivity contribution in [3.8, 4) is 0 Å². The Hall–Kier alpha value is -2.37. The number of hydrogen-bond donors (Lipinski definition) is 1. The number of piperidine rings is 1. The molecular weight excluding hydrogens is 296 g/mol. The van der Waals surface area contributed by atoms with E-state index in [1.54, 1.807) is 11.9 Å². The van der Waals surface area contributed by atoms with E-state index >= 15 is 0 Å². The van der Waals surface area contributed by atoms with E-state index in [1.807, 2.05) is 30.3 Å². The van der Waals surface area contributed by atoms with Crippen LogP contribution in [0.3, 0.4) is 0 Å². The fourth-order valence-corrected chi connectivity index (χ4v) is 3.20. The summed E-state index contributed by atoms with van der Waals surface area (Å²) in [6.45, 7) is 0.617. The van der Waals surface area contributed by atoms with Gasteiger partial charge in [-0.2, -0.15) is 0 Å². The van der Waals surface area contributed by atoms with Gasteiger partial charge in [-0.25, -0.2) is 0 Å². The minimum absolute atomic E-state index is 0.139. The molecule has 1 saturated carbocycles. The molecule has 122 valence electrons. The maximum Gasteiger partial charge on any atom is 0.319 e. The summed E-state index contributed by atoms with van der Waals surface area (Å²) in [6, 6.07) is 8.75. The average Bonchev–Trinajstić information content (AvgIpc) is 3.36. The summed E-state index contributed by atoms with van der Waals surface area (Å²) >= 11 is 0. The molecule has 6 nitrogen and oxygen atoms in total. The first-order valence-electron chi connectivity index (χ1n) is 7.84. The molecule has 2 aliphatic rings. The van der Waals surface area contributed by atoms with Crippen LogP contribution in [0.2, 0.25) is 0 Å². The molecule has 1 saturated heterocycles. The van der Waals surface area contributed by atoms with E-state index in [1.165, 1.54) is 4.90 Å². The van der Waals surface area contributed by atoms with Crippen LogP contribution in [0.1, 0.15) is 25.7 Å². The number of anilines is 1. The van der Waals surface area contributed by atoms with Gasteiger partial charge in [0, 0.05) is 19.3 Å². The molecular formula is C17H20N2O4. The Labute approximate surface area is 134 Å². The number of carboxylic acids is 1. The van der Waals surface area contributed by atoms with Gasteiger partial charge in [0.2, 0.25) is 11.8 Å². The lowest BCUT2D eigenvalue weighted by Crippen LogP contribution is -2.55. The molecule has 1 aliphatic heterocycles. The first-order chi connectivity index (χ1) is 11.0. The Morgan fingerprint density at radius 3 is 2.48 bits per heavy atom. The van der Waals surface area contributed by atoms with E-state index in [4.69, 9.17) is 0 Å². The monoisotopic (exact) mass is 316 g/mol. The Morgan fingerprint density at radius 1 is 1.26 bits per heavy atom. The van der Waals surface area contributed by atoms with Crippen LogP contribution in [-0.2, 0) is 14.4 Å². The largest absolute Gasteiger partial charge is 0.480 e. The molecule has 2 fully saturated rings. The van der Waals surface area contributed by atoms with Gasteiger partial charge < -0.3 is 14.9 Å². The van der Waals surface area contributed by atoms with Crippen molar-refractivity contribution in [3.63, 3.8) is 0 Å². The summed E-state index contributed by atoms with van der Waals surface area (Å²) in [4.78, 5) is 39.7. The fourth-order valence-electron chi connectivity index (χ4n) is 3.20. The third-order valence-corrected chi connectivity index (χ3v) is 4.83. The lowest BCUT2D eigenvalue weighted by Gasteiger charge is -2.37. The van der Waals surface area contributed by atoms with E-state index < -0.39 is 23.3 Å². The number of likely N-dealkylation sites (N-methyl/N-ethyl adjacent to an activating group) is 1. The molecule has 23 heavy (non-hydrogen) atoms. The van der Waals surface area contributed by atoms with Crippen molar-refractivity contribution in [1.82, 2.24) is 4.90 Å². The molecule has 1 aromatic rings. The highest BCUT2D eigenvalue weighted by atomic mass is 16.4. The van der Waals surface area contributed by atoms with Crippen molar-refractivity contribution < 1.29 is 19.5 Å². The zero-order chi connectivity index (χ0) is 16.6. The fraction of sp³-hybridized carbons (Fsp3) is 0.471. The van der Waals surface area contributed by atoms with Crippen molar-refractivity contribution in [2.75, 3.05) is 18.5 Å². The Bertz CT molecular complexity index is 639. The normalized spacial score (nSPS) is 22.6. The van der Waals surface area contributed by atoms with Gasteiger partial charge in [0.05, 0.1) is 0 Å². The first kappa shape index (κ1) is 15.5. The standard InChI is InChI=1S/C17H20N2O4/c1-18(15(21)17(9-10-17)16(22)23)13-8-5-11-19(14(13)20)12-6-3-2-4-7-12/h2-4,6-7,13H,5,8-11H2,1H3,(H,22,23)/t13-/m0/s1. The van der Waals surface area contributed by atoms with E-state index in [0.717, 1.165) is 12.1 Å². The van der Waals surface area contributed by atoms with Crippen molar-refractivity contribution in [1.29, 1.82) is 0 Å². The lowest BCUT2D eigenvalue weighted by atomic mass is 9.99. The first-order valence-corrected chi connectivity index (χ1v) is 7.84. The number of carbonyl (C=O) groups excluding carboxylic acids is 2. The van der Waals surface area contributed by atoms with Crippen molar-refractivity contribution in [2.24, 2.45) is 5.41 Å². The van der Waals surface area contributed by atoms with Crippen molar-refractivity contribution in [3.05, 3.63) is 30.3 Å². The van der Waals surface area contributed by atoms with Gasteiger partial charge in [-0.05, 0) is 37.8 Å². The van der Waals surface area contributed by atoms with Gasteiger partial charge in [0.25, 0.3) is 0 Å². The molecule has 2 amide bonds. The maximum absolute atomic E-state index is 12.8.